The van der Waals surface area contributed by atoms with Gasteiger partial charge in [0.15, 0.2) is 0 Å². The van der Waals surface area contributed by atoms with Crippen molar-refractivity contribution in [3.05, 3.63) is 0 Å². The maximum Gasteiger partial charge on any atom is 0.201 e. The first-order valence-corrected chi connectivity index (χ1v) is 2.62. The first-order valence-electron chi connectivity index (χ1n) is 2.62. The van der Waals surface area contributed by atoms with E-state index in [1.54, 1.807) is 0 Å². The van der Waals surface area contributed by atoms with E-state index in [2.05, 4.69) is 0 Å². The molecule has 2 radical (unpaired) electrons. The van der Waals surface area contributed by atoms with E-state index in [0.717, 1.165) is 0 Å². The molecule has 0 aliphatic heterocycles. The lowest BCUT2D eigenvalue weighted by molar-refractivity contribution is 0.312. The summed E-state index contributed by atoms with van der Waals surface area (Å²) in [6.07, 6.45) is 5.02. The molecular formula is C6H6O2. The molecule has 0 bridgehead atoms. The third-order valence-electron chi connectivity index (χ3n) is 1.47. The molecule has 0 aromatic carbocycles. The molecule has 1 aliphatic carbocycles. The third kappa shape index (κ3) is 0.782. The molecule has 0 aromatic heterocycles. The van der Waals surface area contributed by atoms with E-state index in [9.17, 15) is 9.59 Å². The standard InChI is InChI=1S/C6H6O2/c7-3-5-1-6(2-5)4-8/h5-6H,1-2H2. The molecule has 0 spiro atoms. The molecule has 1 fully saturated rings. The van der Waals surface area contributed by atoms with Gasteiger partial charge in [-0.25, -0.2) is 0 Å². The summed E-state index contributed by atoms with van der Waals surface area (Å²) in [5, 5.41) is 0. The molecule has 0 unspecified atom stereocenters. The van der Waals surface area contributed by atoms with Gasteiger partial charge in [-0.1, -0.05) is 0 Å². The van der Waals surface area contributed by atoms with Gasteiger partial charge in [-0.3, -0.25) is 9.59 Å². The van der Waals surface area contributed by atoms with Gasteiger partial charge >= 0.3 is 0 Å². The van der Waals surface area contributed by atoms with Crippen molar-refractivity contribution in [3.63, 3.8) is 0 Å². The Balaban J connectivity index is 2.20. The van der Waals surface area contributed by atoms with E-state index in [4.69, 9.17) is 0 Å². The Morgan fingerprint density at radius 3 is 1.62 bits per heavy atom. The molecule has 0 heterocycles. The first-order chi connectivity index (χ1) is 3.86. The van der Waals surface area contributed by atoms with Crippen molar-refractivity contribution in [2.75, 3.05) is 0 Å². The van der Waals surface area contributed by atoms with Gasteiger partial charge in [0.2, 0.25) is 12.6 Å². The van der Waals surface area contributed by atoms with Crippen molar-refractivity contribution in [2.45, 2.75) is 12.8 Å². The van der Waals surface area contributed by atoms with Crippen molar-refractivity contribution in [1.29, 1.82) is 0 Å². The van der Waals surface area contributed by atoms with Crippen LogP contribution in [0.2, 0.25) is 0 Å². The zero-order chi connectivity index (χ0) is 5.98. The molecule has 0 aromatic rings. The van der Waals surface area contributed by atoms with Gasteiger partial charge in [-0.2, -0.15) is 0 Å². The van der Waals surface area contributed by atoms with E-state index < -0.39 is 0 Å². The van der Waals surface area contributed by atoms with E-state index in [0.29, 0.717) is 12.8 Å². The highest BCUT2D eigenvalue weighted by molar-refractivity contribution is 5.63. The predicted octanol–water partition coefficient (Wildman–Crippen LogP) is 0.232. The summed E-state index contributed by atoms with van der Waals surface area (Å²) < 4.78 is 0. The molecule has 1 saturated carbocycles. The largest absolute Gasteiger partial charge is 0.291 e. The maximum absolute atomic E-state index is 9.79. The lowest BCUT2D eigenvalue weighted by Crippen LogP contribution is -2.25. The predicted molar refractivity (Wildman–Crippen MR) is 27.6 cm³/mol. The van der Waals surface area contributed by atoms with Crippen LogP contribution in [0.25, 0.3) is 0 Å². The second-order valence-electron chi connectivity index (χ2n) is 2.10. The Morgan fingerprint density at radius 2 is 1.38 bits per heavy atom. The highest BCUT2D eigenvalue weighted by Crippen LogP contribution is 2.29. The number of carbonyl (C=O) groups excluding carboxylic acids is 2. The van der Waals surface area contributed by atoms with Crippen LogP contribution in [0.15, 0.2) is 0 Å². The summed E-state index contributed by atoms with van der Waals surface area (Å²) in [5.74, 6) is 0.0582. The van der Waals surface area contributed by atoms with Crippen LogP contribution in [-0.2, 0) is 9.59 Å². The fraction of sp³-hybridized carbons (Fsp3) is 0.667. The first kappa shape index (κ1) is 5.48. The van der Waals surface area contributed by atoms with Gasteiger partial charge in [0.25, 0.3) is 0 Å². The zero-order valence-electron chi connectivity index (χ0n) is 4.39. The van der Waals surface area contributed by atoms with Crippen LogP contribution in [0.3, 0.4) is 0 Å². The maximum atomic E-state index is 9.79. The van der Waals surface area contributed by atoms with Crippen molar-refractivity contribution >= 4 is 12.6 Å². The fourth-order valence-electron chi connectivity index (χ4n) is 0.810. The Morgan fingerprint density at radius 1 is 1.00 bits per heavy atom. The van der Waals surface area contributed by atoms with E-state index in [-0.39, 0.29) is 11.8 Å². The molecule has 0 atom stereocenters. The summed E-state index contributed by atoms with van der Waals surface area (Å²) in [6, 6.07) is 0. The number of rotatable bonds is 2. The van der Waals surface area contributed by atoms with Crippen molar-refractivity contribution in [2.24, 2.45) is 11.8 Å². The Bertz CT molecular complexity index is 91.1. The normalized spacial score (nSPS) is 35.5. The zero-order valence-corrected chi connectivity index (χ0v) is 4.39. The summed E-state index contributed by atoms with van der Waals surface area (Å²) in [5.41, 5.74) is 0. The van der Waals surface area contributed by atoms with E-state index >= 15 is 0 Å². The van der Waals surface area contributed by atoms with Crippen LogP contribution < -0.4 is 0 Å². The molecule has 2 heteroatoms. The molecule has 1 aliphatic rings. The quantitative estimate of drug-likeness (QED) is 0.510. The molecular weight excluding hydrogens is 104 g/mol. The highest BCUT2D eigenvalue weighted by atomic mass is 16.1. The van der Waals surface area contributed by atoms with Gasteiger partial charge in [0, 0.05) is 11.8 Å². The minimum atomic E-state index is 0.0291. The van der Waals surface area contributed by atoms with Gasteiger partial charge in [-0.15, -0.1) is 0 Å². The average molecular weight is 110 g/mol. The second-order valence-corrected chi connectivity index (χ2v) is 2.10. The lowest BCUT2D eigenvalue weighted by Gasteiger charge is -2.24. The molecule has 42 valence electrons. The average Bonchev–Trinajstić information content (AvgIpc) is 1.65. The molecule has 8 heavy (non-hydrogen) atoms. The van der Waals surface area contributed by atoms with Gasteiger partial charge in [-0.05, 0) is 12.8 Å². The topological polar surface area (TPSA) is 34.1 Å². The smallest absolute Gasteiger partial charge is 0.201 e. The highest BCUT2D eigenvalue weighted by Gasteiger charge is 2.29. The second kappa shape index (κ2) is 2.07. The Hall–Kier alpha value is -0.660. The van der Waals surface area contributed by atoms with Crippen LogP contribution in [0.4, 0.5) is 0 Å². The fourth-order valence-corrected chi connectivity index (χ4v) is 0.810. The summed E-state index contributed by atoms with van der Waals surface area (Å²) in [4.78, 5) is 19.6. The van der Waals surface area contributed by atoms with Gasteiger partial charge in [0.1, 0.15) is 0 Å². The third-order valence-corrected chi connectivity index (χ3v) is 1.47. The number of hydrogen-bond acceptors (Lipinski definition) is 2. The van der Waals surface area contributed by atoms with Gasteiger partial charge in [0.05, 0.1) is 0 Å². The molecule has 1 rings (SSSR count). The summed E-state index contributed by atoms with van der Waals surface area (Å²) >= 11 is 0. The Labute approximate surface area is 47.9 Å². The minimum Gasteiger partial charge on any atom is -0.291 e. The van der Waals surface area contributed by atoms with Gasteiger partial charge < -0.3 is 0 Å². The minimum absolute atomic E-state index is 0.0291. The van der Waals surface area contributed by atoms with E-state index in [1.165, 1.54) is 0 Å². The summed E-state index contributed by atoms with van der Waals surface area (Å²) in [7, 11) is 0. The Kier molecular flexibility index (Phi) is 1.42. The lowest BCUT2D eigenvalue weighted by atomic mass is 9.77. The molecule has 0 amide bonds. The molecule has 2 nitrogen and oxygen atoms in total. The molecule has 0 saturated heterocycles. The van der Waals surface area contributed by atoms with Crippen molar-refractivity contribution in [1.82, 2.24) is 0 Å². The van der Waals surface area contributed by atoms with E-state index in [1.807, 2.05) is 12.6 Å². The van der Waals surface area contributed by atoms with Crippen LogP contribution in [0.5, 0.6) is 0 Å². The monoisotopic (exact) mass is 110 g/mol. The summed E-state index contributed by atoms with van der Waals surface area (Å²) in [6.45, 7) is 0. The van der Waals surface area contributed by atoms with Crippen LogP contribution >= 0.6 is 0 Å². The van der Waals surface area contributed by atoms with Crippen molar-refractivity contribution < 1.29 is 9.59 Å². The molecule has 0 N–H and O–H groups in total. The van der Waals surface area contributed by atoms with Crippen molar-refractivity contribution in [3.8, 4) is 0 Å². The van der Waals surface area contributed by atoms with Crippen LogP contribution in [0.1, 0.15) is 12.8 Å². The van der Waals surface area contributed by atoms with Crippen LogP contribution in [-0.4, -0.2) is 12.6 Å². The number of hydrogen-bond donors (Lipinski definition) is 0. The van der Waals surface area contributed by atoms with Crippen LogP contribution in [0, 0.1) is 11.8 Å². The SMILES string of the molecule is O=[C]C1CC([C]=O)C1.